The summed E-state index contributed by atoms with van der Waals surface area (Å²) in [6.07, 6.45) is 5.30. The number of nitrogens with zero attached hydrogens (tertiary/aromatic N) is 3. The van der Waals surface area contributed by atoms with Crippen molar-refractivity contribution in [1.29, 1.82) is 0 Å². The lowest BCUT2D eigenvalue weighted by Gasteiger charge is -2.32. The summed E-state index contributed by atoms with van der Waals surface area (Å²) >= 11 is 0. The first-order valence-corrected chi connectivity index (χ1v) is 8.80. The number of aromatic nitrogens is 2. The summed E-state index contributed by atoms with van der Waals surface area (Å²) in [5.41, 5.74) is 1.06. The Morgan fingerprint density at radius 1 is 1.39 bits per heavy atom. The van der Waals surface area contributed by atoms with Crippen molar-refractivity contribution in [3.8, 4) is 0 Å². The van der Waals surface area contributed by atoms with Crippen molar-refractivity contribution >= 4 is 12.0 Å². The topological polar surface area (TPSA) is 66.8 Å². The molecule has 0 aromatic carbocycles. The molecule has 7 heteroatoms. The molecular formula is C16H29N5O2. The summed E-state index contributed by atoms with van der Waals surface area (Å²) in [6, 6.07) is 0. The summed E-state index contributed by atoms with van der Waals surface area (Å²) in [4.78, 5) is 6.83. The third-order valence-corrected chi connectivity index (χ3v) is 4.33. The maximum absolute atomic E-state index is 5.72. The van der Waals surface area contributed by atoms with Crippen molar-refractivity contribution < 1.29 is 9.47 Å². The second-order valence-corrected chi connectivity index (χ2v) is 6.36. The minimum Gasteiger partial charge on any atom is -0.376 e. The summed E-state index contributed by atoms with van der Waals surface area (Å²) in [5, 5.41) is 6.67. The summed E-state index contributed by atoms with van der Waals surface area (Å²) in [7, 11) is 0. The van der Waals surface area contributed by atoms with Crippen molar-refractivity contribution in [2.75, 3.05) is 38.2 Å². The van der Waals surface area contributed by atoms with Gasteiger partial charge in [0, 0.05) is 26.2 Å². The Balaban J connectivity index is 1.41. The third-order valence-electron chi connectivity index (χ3n) is 4.33. The average molecular weight is 323 g/mol. The fourth-order valence-electron chi connectivity index (χ4n) is 3.03. The van der Waals surface area contributed by atoms with Gasteiger partial charge in [-0.2, -0.15) is 0 Å². The van der Waals surface area contributed by atoms with Crippen LogP contribution >= 0.6 is 0 Å². The molecule has 0 amide bonds. The van der Waals surface area contributed by atoms with Crippen LogP contribution in [0.15, 0.2) is 4.99 Å². The molecule has 1 fully saturated rings. The van der Waals surface area contributed by atoms with Crippen LogP contribution in [0.5, 0.6) is 0 Å². The highest BCUT2D eigenvalue weighted by Gasteiger charge is 2.21. The van der Waals surface area contributed by atoms with Crippen molar-refractivity contribution in [2.24, 2.45) is 4.99 Å². The van der Waals surface area contributed by atoms with E-state index in [1.54, 1.807) is 0 Å². The molecule has 1 saturated heterocycles. The fourth-order valence-corrected chi connectivity index (χ4v) is 3.03. The molecule has 0 spiro atoms. The first kappa shape index (κ1) is 16.5. The lowest BCUT2D eigenvalue weighted by atomic mass is 10.2. The smallest absolute Gasteiger partial charge is 0.226 e. The molecule has 2 aliphatic rings. The van der Waals surface area contributed by atoms with Gasteiger partial charge in [0.2, 0.25) is 6.35 Å². The number of unbranched alkanes of at least 4 members (excludes halogenated alkanes) is 1. The molecule has 2 unspecified atom stereocenters. The SMILES string of the molecule is CCCCOC1N=Cc2[nH]n(CCCN3CCOC(C)C3)c2N1. The van der Waals surface area contributed by atoms with E-state index in [-0.39, 0.29) is 6.35 Å². The summed E-state index contributed by atoms with van der Waals surface area (Å²) < 4.78 is 13.4. The van der Waals surface area contributed by atoms with Crippen LogP contribution in [0.4, 0.5) is 5.82 Å². The third kappa shape index (κ3) is 4.37. The molecule has 130 valence electrons. The molecule has 1 aromatic heterocycles. The molecule has 7 nitrogen and oxygen atoms in total. The zero-order valence-corrected chi connectivity index (χ0v) is 14.3. The van der Waals surface area contributed by atoms with E-state index in [0.717, 1.165) is 70.2 Å². The molecular weight excluding hydrogens is 294 g/mol. The van der Waals surface area contributed by atoms with E-state index in [1.165, 1.54) is 0 Å². The van der Waals surface area contributed by atoms with Crippen LogP contribution in [0.3, 0.4) is 0 Å². The van der Waals surface area contributed by atoms with Crippen LogP contribution in [0, 0.1) is 0 Å². The van der Waals surface area contributed by atoms with Gasteiger partial charge >= 0.3 is 0 Å². The number of aryl methyl sites for hydroxylation is 1. The second kappa shape index (κ2) is 7.99. The van der Waals surface area contributed by atoms with Gasteiger partial charge < -0.3 is 14.8 Å². The highest BCUT2D eigenvalue weighted by molar-refractivity contribution is 5.86. The van der Waals surface area contributed by atoms with E-state index >= 15 is 0 Å². The maximum atomic E-state index is 5.72. The van der Waals surface area contributed by atoms with Crippen LogP contribution in [-0.2, 0) is 16.0 Å². The monoisotopic (exact) mass is 323 g/mol. The Morgan fingerprint density at radius 2 is 2.30 bits per heavy atom. The molecule has 1 aromatic rings. The van der Waals surface area contributed by atoms with Gasteiger partial charge in [0.05, 0.1) is 25.5 Å². The van der Waals surface area contributed by atoms with Crippen LogP contribution in [0.25, 0.3) is 0 Å². The van der Waals surface area contributed by atoms with Gasteiger partial charge in [0.25, 0.3) is 0 Å². The predicted octanol–water partition coefficient (Wildman–Crippen LogP) is 1.87. The minimum atomic E-state index is -0.245. The second-order valence-electron chi connectivity index (χ2n) is 6.36. The number of morpholine rings is 1. The lowest BCUT2D eigenvalue weighted by molar-refractivity contribution is -0.0188. The minimum absolute atomic E-state index is 0.245. The zero-order chi connectivity index (χ0) is 16.1. The van der Waals surface area contributed by atoms with Crippen LogP contribution in [-0.4, -0.2) is 66.2 Å². The van der Waals surface area contributed by atoms with Crippen molar-refractivity contribution in [3.63, 3.8) is 0 Å². The van der Waals surface area contributed by atoms with Crippen LogP contribution < -0.4 is 5.32 Å². The molecule has 2 atom stereocenters. The Hall–Kier alpha value is -1.31. The number of aliphatic imine (C=N–C) groups is 1. The quantitative estimate of drug-likeness (QED) is 0.717. The number of ether oxygens (including phenoxy) is 2. The Bertz CT molecular complexity index is 510. The van der Waals surface area contributed by atoms with Gasteiger partial charge in [0.15, 0.2) is 5.82 Å². The van der Waals surface area contributed by atoms with Crippen LogP contribution in [0.1, 0.15) is 38.8 Å². The number of H-pyrrole nitrogens is 1. The van der Waals surface area contributed by atoms with Crippen molar-refractivity contribution in [1.82, 2.24) is 14.7 Å². The molecule has 3 rings (SSSR count). The van der Waals surface area contributed by atoms with Gasteiger partial charge in [-0.1, -0.05) is 13.3 Å². The summed E-state index contributed by atoms with van der Waals surface area (Å²) in [5.74, 6) is 1.11. The normalized spacial score (nSPS) is 24.6. The van der Waals surface area contributed by atoms with Crippen molar-refractivity contribution in [3.05, 3.63) is 5.69 Å². The van der Waals surface area contributed by atoms with E-state index in [2.05, 4.69) is 38.8 Å². The molecule has 0 aliphatic carbocycles. The molecule has 0 radical (unpaired) electrons. The van der Waals surface area contributed by atoms with E-state index in [1.807, 2.05) is 6.21 Å². The Morgan fingerprint density at radius 3 is 3.13 bits per heavy atom. The standard InChI is InChI=1S/C16H29N5O2/c1-3-4-9-23-16-17-11-14-15(18-16)21(19-14)7-5-6-20-8-10-22-13(2)12-20/h11,13,16,18-19H,3-10,12H2,1-2H3. The van der Waals surface area contributed by atoms with Gasteiger partial charge in [-0.3, -0.25) is 14.7 Å². The van der Waals surface area contributed by atoms with E-state index < -0.39 is 0 Å². The first-order valence-electron chi connectivity index (χ1n) is 8.80. The highest BCUT2D eigenvalue weighted by atomic mass is 16.5. The number of hydrogen-bond acceptors (Lipinski definition) is 5. The van der Waals surface area contributed by atoms with E-state index in [4.69, 9.17) is 9.47 Å². The molecule has 2 aliphatic heterocycles. The van der Waals surface area contributed by atoms with Gasteiger partial charge in [0.1, 0.15) is 5.69 Å². The molecule has 2 N–H and O–H groups in total. The number of aromatic amines is 1. The van der Waals surface area contributed by atoms with Gasteiger partial charge in [-0.15, -0.1) is 0 Å². The Kier molecular flexibility index (Phi) is 5.75. The van der Waals surface area contributed by atoms with Gasteiger partial charge in [-0.05, 0) is 19.8 Å². The number of anilines is 1. The largest absolute Gasteiger partial charge is 0.376 e. The number of rotatable bonds is 8. The molecule has 23 heavy (non-hydrogen) atoms. The number of nitrogens with one attached hydrogen (secondary N) is 2. The lowest BCUT2D eigenvalue weighted by Crippen LogP contribution is -2.41. The van der Waals surface area contributed by atoms with E-state index in [9.17, 15) is 0 Å². The van der Waals surface area contributed by atoms with Crippen LogP contribution in [0.2, 0.25) is 0 Å². The van der Waals surface area contributed by atoms with E-state index in [0.29, 0.717) is 6.10 Å². The fraction of sp³-hybridized carbons (Fsp3) is 0.812. The van der Waals surface area contributed by atoms with Gasteiger partial charge in [-0.25, -0.2) is 4.99 Å². The molecule has 3 heterocycles. The molecule has 0 bridgehead atoms. The number of hydrogen-bond donors (Lipinski definition) is 2. The summed E-state index contributed by atoms with van der Waals surface area (Å²) in [6.45, 7) is 10.1. The zero-order valence-electron chi connectivity index (χ0n) is 14.3. The predicted molar refractivity (Wildman–Crippen MR) is 91.1 cm³/mol. The maximum Gasteiger partial charge on any atom is 0.226 e. The van der Waals surface area contributed by atoms with Crippen molar-refractivity contribution in [2.45, 2.75) is 52.1 Å². The average Bonchev–Trinajstić information content (AvgIpc) is 2.53. The molecule has 0 saturated carbocycles. The highest BCUT2D eigenvalue weighted by Crippen LogP contribution is 2.21. The first-order chi connectivity index (χ1) is 11.3. The number of fused-ring (bicyclic) bond motifs is 1. The Labute approximate surface area is 138 Å².